The summed E-state index contributed by atoms with van der Waals surface area (Å²) in [6.45, 7) is 2.92. The highest BCUT2D eigenvalue weighted by Gasteiger charge is 2.20. The van der Waals surface area contributed by atoms with Crippen LogP contribution in [0.25, 0.3) is 0 Å². The number of likely N-dealkylation sites (tertiary alicyclic amines) is 1. The number of nitrogens with one attached hydrogen (secondary N) is 2. The molecule has 3 amide bonds. The molecule has 0 saturated carbocycles. The number of rotatable bonds is 4. The fourth-order valence-corrected chi connectivity index (χ4v) is 3.02. The van der Waals surface area contributed by atoms with Crippen molar-refractivity contribution in [3.63, 3.8) is 0 Å². The molecule has 0 aromatic heterocycles. The third kappa shape index (κ3) is 4.22. The van der Waals surface area contributed by atoms with Crippen LogP contribution in [0.1, 0.15) is 36.0 Å². The van der Waals surface area contributed by atoms with E-state index < -0.39 is 0 Å². The Balaban J connectivity index is 1.54. The molecule has 0 aliphatic carbocycles. The van der Waals surface area contributed by atoms with Gasteiger partial charge in [0.2, 0.25) is 0 Å². The van der Waals surface area contributed by atoms with Gasteiger partial charge in [0.25, 0.3) is 5.91 Å². The van der Waals surface area contributed by atoms with E-state index in [1.54, 1.807) is 24.3 Å². The first kappa shape index (κ1) is 15.8. The molecule has 6 nitrogen and oxygen atoms in total. The summed E-state index contributed by atoms with van der Waals surface area (Å²) in [6.07, 6.45) is 4.28. The number of hydrogen-bond acceptors (Lipinski definition) is 3. The van der Waals surface area contributed by atoms with Gasteiger partial charge in [-0.3, -0.25) is 4.79 Å². The molecule has 0 radical (unpaired) electrons. The molecule has 23 heavy (non-hydrogen) atoms. The van der Waals surface area contributed by atoms with Crippen molar-refractivity contribution in [3.8, 4) is 0 Å². The average molecular weight is 317 g/mol. The third-order valence-electron chi connectivity index (χ3n) is 4.27. The monoisotopic (exact) mass is 317 g/mol. The summed E-state index contributed by atoms with van der Waals surface area (Å²) in [5.74, 6) is 0.0333. The summed E-state index contributed by atoms with van der Waals surface area (Å²) >= 11 is 0. The predicted octanol–water partition coefficient (Wildman–Crippen LogP) is 2.22. The Bertz CT molecular complexity index is 564. The van der Waals surface area contributed by atoms with E-state index in [1.165, 1.54) is 0 Å². The van der Waals surface area contributed by atoms with Gasteiger partial charge < -0.3 is 20.3 Å². The molecule has 2 aliphatic heterocycles. The van der Waals surface area contributed by atoms with E-state index in [4.69, 9.17) is 4.74 Å². The minimum Gasteiger partial charge on any atom is -0.376 e. The molecule has 1 aromatic rings. The van der Waals surface area contributed by atoms with Crippen molar-refractivity contribution >= 4 is 17.6 Å². The lowest BCUT2D eigenvalue weighted by atomic mass is 10.2. The van der Waals surface area contributed by atoms with E-state index in [0.29, 0.717) is 17.8 Å². The van der Waals surface area contributed by atoms with Gasteiger partial charge in [-0.05, 0) is 43.9 Å². The number of amides is 3. The summed E-state index contributed by atoms with van der Waals surface area (Å²) < 4.78 is 5.47. The highest BCUT2D eigenvalue weighted by Crippen LogP contribution is 2.16. The Morgan fingerprint density at radius 1 is 1.22 bits per heavy atom. The molecular formula is C17H23N3O3. The maximum atomic E-state index is 12.4. The molecule has 3 rings (SSSR count). The molecule has 0 bridgehead atoms. The molecular weight excluding hydrogens is 294 g/mol. The molecule has 2 aliphatic rings. The van der Waals surface area contributed by atoms with Crippen molar-refractivity contribution in [2.45, 2.75) is 31.8 Å². The van der Waals surface area contributed by atoms with Gasteiger partial charge in [0.15, 0.2) is 0 Å². The van der Waals surface area contributed by atoms with Crippen LogP contribution in [-0.4, -0.2) is 49.2 Å². The number of carbonyl (C=O) groups is 2. The van der Waals surface area contributed by atoms with Crippen LogP contribution < -0.4 is 10.6 Å². The van der Waals surface area contributed by atoms with Crippen LogP contribution in [0.4, 0.5) is 10.5 Å². The fraction of sp³-hybridized carbons (Fsp3) is 0.529. The zero-order valence-electron chi connectivity index (χ0n) is 13.2. The Morgan fingerprint density at radius 2 is 2.04 bits per heavy atom. The van der Waals surface area contributed by atoms with Crippen molar-refractivity contribution < 1.29 is 14.3 Å². The first-order valence-electron chi connectivity index (χ1n) is 8.28. The Hall–Kier alpha value is -2.08. The van der Waals surface area contributed by atoms with Crippen molar-refractivity contribution in [3.05, 3.63) is 29.8 Å². The number of anilines is 1. The highest BCUT2D eigenvalue weighted by molar-refractivity contribution is 5.97. The minimum absolute atomic E-state index is 0.0333. The van der Waals surface area contributed by atoms with Crippen LogP contribution in [0.5, 0.6) is 0 Å². The van der Waals surface area contributed by atoms with Crippen LogP contribution in [0, 0.1) is 0 Å². The number of urea groups is 1. The summed E-state index contributed by atoms with van der Waals surface area (Å²) in [7, 11) is 0. The number of nitrogens with zero attached hydrogens (tertiary/aromatic N) is 1. The van der Waals surface area contributed by atoms with Crippen LogP contribution >= 0.6 is 0 Å². The van der Waals surface area contributed by atoms with Gasteiger partial charge in [-0.2, -0.15) is 0 Å². The summed E-state index contributed by atoms with van der Waals surface area (Å²) in [6, 6.07) is 6.82. The average Bonchev–Trinajstić information content (AvgIpc) is 3.26. The maximum absolute atomic E-state index is 12.4. The van der Waals surface area contributed by atoms with Gasteiger partial charge in [0.05, 0.1) is 6.10 Å². The van der Waals surface area contributed by atoms with Crippen LogP contribution in [-0.2, 0) is 4.74 Å². The summed E-state index contributed by atoms with van der Waals surface area (Å²) in [5, 5.41) is 5.58. The number of carbonyl (C=O) groups excluding carboxylic acids is 2. The van der Waals surface area contributed by atoms with Gasteiger partial charge in [-0.1, -0.05) is 6.07 Å². The Kier molecular flexibility index (Phi) is 5.12. The highest BCUT2D eigenvalue weighted by atomic mass is 16.5. The molecule has 2 heterocycles. The van der Waals surface area contributed by atoms with E-state index in [9.17, 15) is 9.59 Å². The quantitative estimate of drug-likeness (QED) is 0.894. The Morgan fingerprint density at radius 3 is 2.78 bits per heavy atom. The molecule has 2 saturated heterocycles. The molecule has 1 aromatic carbocycles. The van der Waals surface area contributed by atoms with Gasteiger partial charge in [-0.15, -0.1) is 0 Å². The van der Waals surface area contributed by atoms with E-state index in [-0.39, 0.29) is 18.0 Å². The molecule has 124 valence electrons. The lowest BCUT2D eigenvalue weighted by molar-refractivity contribution is 0.0793. The second-order valence-corrected chi connectivity index (χ2v) is 6.05. The van der Waals surface area contributed by atoms with Crippen LogP contribution in [0.2, 0.25) is 0 Å². The third-order valence-corrected chi connectivity index (χ3v) is 4.27. The molecule has 0 spiro atoms. The SMILES string of the molecule is O=C(NCC1CCCO1)Nc1cccc(C(=O)N2CCCC2)c1. The van der Waals surface area contributed by atoms with Crippen molar-refractivity contribution in [2.24, 2.45) is 0 Å². The van der Waals surface area contributed by atoms with Gasteiger partial charge in [-0.25, -0.2) is 4.79 Å². The number of ether oxygens (including phenoxy) is 1. The smallest absolute Gasteiger partial charge is 0.319 e. The summed E-state index contributed by atoms with van der Waals surface area (Å²) in [4.78, 5) is 26.2. The first-order chi connectivity index (χ1) is 11.2. The zero-order valence-corrected chi connectivity index (χ0v) is 13.2. The number of benzene rings is 1. The van der Waals surface area contributed by atoms with E-state index in [0.717, 1.165) is 45.4 Å². The first-order valence-corrected chi connectivity index (χ1v) is 8.28. The molecule has 6 heteroatoms. The maximum Gasteiger partial charge on any atom is 0.319 e. The van der Waals surface area contributed by atoms with Crippen LogP contribution in [0.15, 0.2) is 24.3 Å². The van der Waals surface area contributed by atoms with E-state index >= 15 is 0 Å². The fourth-order valence-electron chi connectivity index (χ4n) is 3.02. The number of hydrogen-bond donors (Lipinski definition) is 2. The normalized spacial score (nSPS) is 20.5. The largest absolute Gasteiger partial charge is 0.376 e. The standard InChI is InChI=1S/C17H23N3O3/c21-16(20-8-1-2-9-20)13-5-3-6-14(11-13)19-17(22)18-12-15-7-4-10-23-15/h3,5-6,11,15H,1-2,4,7-10,12H2,(H2,18,19,22). The van der Waals surface area contributed by atoms with Gasteiger partial charge >= 0.3 is 6.03 Å². The topological polar surface area (TPSA) is 70.7 Å². The van der Waals surface area contributed by atoms with Crippen LogP contribution in [0.3, 0.4) is 0 Å². The zero-order chi connectivity index (χ0) is 16.1. The van der Waals surface area contributed by atoms with Gasteiger partial charge in [0.1, 0.15) is 0 Å². The van der Waals surface area contributed by atoms with Gasteiger partial charge in [0, 0.05) is 37.5 Å². The van der Waals surface area contributed by atoms with E-state index in [1.807, 2.05) is 4.90 Å². The van der Waals surface area contributed by atoms with Crippen molar-refractivity contribution in [2.75, 3.05) is 31.6 Å². The molecule has 1 atom stereocenters. The lowest BCUT2D eigenvalue weighted by Gasteiger charge is -2.16. The summed E-state index contributed by atoms with van der Waals surface area (Å²) in [5.41, 5.74) is 1.24. The second-order valence-electron chi connectivity index (χ2n) is 6.05. The molecule has 2 N–H and O–H groups in total. The molecule has 2 fully saturated rings. The van der Waals surface area contributed by atoms with Crippen molar-refractivity contribution in [1.82, 2.24) is 10.2 Å². The van der Waals surface area contributed by atoms with Crippen molar-refractivity contribution in [1.29, 1.82) is 0 Å². The predicted molar refractivity (Wildman–Crippen MR) is 87.6 cm³/mol. The van der Waals surface area contributed by atoms with E-state index in [2.05, 4.69) is 10.6 Å². The lowest BCUT2D eigenvalue weighted by Crippen LogP contribution is -2.35. The molecule has 1 unspecified atom stereocenters. The Labute approximate surface area is 136 Å². The minimum atomic E-state index is -0.272. The second kappa shape index (κ2) is 7.46.